The zero-order valence-corrected chi connectivity index (χ0v) is 13.7. The molecule has 7 nitrogen and oxygen atoms in total. The lowest BCUT2D eigenvalue weighted by molar-refractivity contribution is 0.389. The summed E-state index contributed by atoms with van der Waals surface area (Å²) >= 11 is 0. The summed E-state index contributed by atoms with van der Waals surface area (Å²) in [4.78, 5) is -0.0295. The second-order valence-electron chi connectivity index (χ2n) is 4.90. The van der Waals surface area contributed by atoms with Gasteiger partial charge in [-0.3, -0.25) is 0 Å². The molecule has 0 saturated heterocycles. The molecule has 0 aliphatic carbocycles. The molecule has 0 saturated carbocycles. The lowest BCUT2D eigenvalue weighted by Gasteiger charge is -2.13. The van der Waals surface area contributed by atoms with Crippen LogP contribution in [0.2, 0.25) is 0 Å². The quantitative estimate of drug-likeness (QED) is 0.726. The molecule has 0 N–H and O–H groups in total. The number of aryl methyl sites for hydroxylation is 1. The highest BCUT2D eigenvalue weighted by molar-refractivity contribution is 7.90. The third-order valence-electron chi connectivity index (χ3n) is 3.51. The maximum atomic E-state index is 13.0. The van der Waals surface area contributed by atoms with Gasteiger partial charge in [0.1, 0.15) is 27.4 Å². The fourth-order valence-electron chi connectivity index (χ4n) is 2.34. The SMILES string of the molecule is COc1cc(S(=O)(=O)n2nnc3ccccc32)c(OC)cc1C. The Hall–Kier alpha value is -2.61. The number of rotatable bonds is 4. The van der Waals surface area contributed by atoms with Crippen molar-refractivity contribution < 1.29 is 17.9 Å². The normalized spacial score (nSPS) is 11.6. The monoisotopic (exact) mass is 333 g/mol. The maximum absolute atomic E-state index is 13.0. The first-order valence-corrected chi connectivity index (χ1v) is 8.21. The van der Waals surface area contributed by atoms with Gasteiger partial charge in [-0.05, 0) is 30.7 Å². The van der Waals surface area contributed by atoms with Gasteiger partial charge < -0.3 is 9.47 Å². The highest BCUT2D eigenvalue weighted by Crippen LogP contribution is 2.33. The lowest BCUT2D eigenvalue weighted by atomic mass is 10.2. The Morgan fingerprint density at radius 1 is 1.04 bits per heavy atom. The number of methoxy groups -OCH3 is 2. The van der Waals surface area contributed by atoms with Gasteiger partial charge in [0.25, 0.3) is 10.0 Å². The van der Waals surface area contributed by atoms with Crippen LogP contribution < -0.4 is 9.47 Å². The number of fused-ring (bicyclic) bond motifs is 1. The molecule has 23 heavy (non-hydrogen) atoms. The standard InChI is InChI=1S/C15H15N3O4S/c1-10-8-14(22-3)15(9-13(10)21-2)23(19,20)18-12-7-5-4-6-11(12)16-17-18/h4-9H,1-3H3. The van der Waals surface area contributed by atoms with Crippen molar-refractivity contribution in [2.75, 3.05) is 14.2 Å². The molecular weight excluding hydrogens is 318 g/mol. The van der Waals surface area contributed by atoms with Crippen molar-refractivity contribution in [3.05, 3.63) is 42.0 Å². The number of aromatic nitrogens is 3. The minimum atomic E-state index is -3.98. The average Bonchev–Trinajstić information content (AvgIpc) is 2.99. The average molecular weight is 333 g/mol. The predicted octanol–water partition coefficient (Wildman–Crippen LogP) is 1.99. The number of nitrogens with zero attached hydrogens (tertiary/aromatic N) is 3. The molecule has 3 aromatic rings. The van der Waals surface area contributed by atoms with E-state index in [1.54, 1.807) is 30.3 Å². The van der Waals surface area contributed by atoms with E-state index < -0.39 is 10.0 Å². The van der Waals surface area contributed by atoms with E-state index in [1.807, 2.05) is 6.92 Å². The smallest absolute Gasteiger partial charge is 0.288 e. The van der Waals surface area contributed by atoms with Crippen LogP contribution in [0.4, 0.5) is 0 Å². The van der Waals surface area contributed by atoms with Crippen molar-refractivity contribution in [3.63, 3.8) is 0 Å². The fourth-order valence-corrected chi connectivity index (χ4v) is 3.73. The van der Waals surface area contributed by atoms with Gasteiger partial charge in [0.15, 0.2) is 0 Å². The molecule has 0 aliphatic heterocycles. The molecule has 0 fully saturated rings. The molecule has 0 amide bonds. The third kappa shape index (κ3) is 2.40. The summed E-state index contributed by atoms with van der Waals surface area (Å²) in [7, 11) is -1.08. The molecule has 0 radical (unpaired) electrons. The highest BCUT2D eigenvalue weighted by atomic mass is 32.2. The van der Waals surface area contributed by atoms with Crippen LogP contribution >= 0.6 is 0 Å². The number of benzene rings is 2. The molecule has 0 spiro atoms. The number of hydrogen-bond donors (Lipinski definition) is 0. The Bertz CT molecular complexity index is 980. The zero-order valence-electron chi connectivity index (χ0n) is 12.8. The van der Waals surface area contributed by atoms with Crippen molar-refractivity contribution in [2.24, 2.45) is 0 Å². The minimum absolute atomic E-state index is 0.0295. The fraction of sp³-hybridized carbons (Fsp3) is 0.200. The first-order chi connectivity index (χ1) is 11.0. The Kier molecular flexibility index (Phi) is 3.69. The van der Waals surface area contributed by atoms with E-state index in [1.165, 1.54) is 20.3 Å². The largest absolute Gasteiger partial charge is 0.496 e. The van der Waals surface area contributed by atoms with E-state index in [-0.39, 0.29) is 10.6 Å². The Labute approximate surface area is 133 Å². The maximum Gasteiger partial charge on any atom is 0.288 e. The van der Waals surface area contributed by atoms with Gasteiger partial charge in [-0.2, -0.15) is 8.42 Å². The molecule has 1 aromatic heterocycles. The van der Waals surface area contributed by atoms with Gasteiger partial charge in [-0.25, -0.2) is 0 Å². The van der Waals surface area contributed by atoms with Crippen LogP contribution in [-0.4, -0.2) is 37.0 Å². The molecule has 0 aliphatic rings. The van der Waals surface area contributed by atoms with Crippen LogP contribution in [0.25, 0.3) is 11.0 Å². The first kappa shape index (κ1) is 15.3. The third-order valence-corrected chi connectivity index (χ3v) is 5.11. The van der Waals surface area contributed by atoms with Crippen molar-refractivity contribution in [3.8, 4) is 11.5 Å². The lowest BCUT2D eigenvalue weighted by Crippen LogP contribution is -2.16. The number of para-hydroxylation sites is 1. The molecule has 1 heterocycles. The van der Waals surface area contributed by atoms with Gasteiger partial charge in [0.2, 0.25) is 0 Å². The zero-order chi connectivity index (χ0) is 16.6. The van der Waals surface area contributed by atoms with Crippen LogP contribution in [0.15, 0.2) is 41.3 Å². The van der Waals surface area contributed by atoms with Gasteiger partial charge in [-0.1, -0.05) is 17.3 Å². The van der Waals surface area contributed by atoms with Gasteiger partial charge in [0, 0.05) is 6.07 Å². The number of hydrogen-bond acceptors (Lipinski definition) is 6. The Balaban J connectivity index is 2.28. The van der Waals surface area contributed by atoms with E-state index in [0.717, 1.165) is 9.65 Å². The minimum Gasteiger partial charge on any atom is -0.496 e. The van der Waals surface area contributed by atoms with Gasteiger partial charge in [-0.15, -0.1) is 9.19 Å². The van der Waals surface area contributed by atoms with Crippen molar-refractivity contribution in [2.45, 2.75) is 11.8 Å². The predicted molar refractivity (Wildman–Crippen MR) is 84.4 cm³/mol. The summed E-state index contributed by atoms with van der Waals surface area (Å²) in [5.41, 5.74) is 1.66. The second kappa shape index (κ2) is 5.54. The van der Waals surface area contributed by atoms with Gasteiger partial charge >= 0.3 is 0 Å². The molecule has 0 unspecified atom stereocenters. The molecule has 0 atom stereocenters. The summed E-state index contributed by atoms with van der Waals surface area (Å²) in [6.45, 7) is 1.81. The second-order valence-corrected chi connectivity index (χ2v) is 6.63. The van der Waals surface area contributed by atoms with Crippen LogP contribution in [0.1, 0.15) is 5.56 Å². The molecule has 2 aromatic carbocycles. The summed E-state index contributed by atoms with van der Waals surface area (Å²) < 4.78 is 37.3. The Morgan fingerprint density at radius 2 is 1.74 bits per heavy atom. The van der Waals surface area contributed by atoms with E-state index in [2.05, 4.69) is 10.3 Å². The highest BCUT2D eigenvalue weighted by Gasteiger charge is 2.26. The molecule has 8 heteroatoms. The summed E-state index contributed by atoms with van der Waals surface area (Å²) in [6, 6.07) is 9.88. The Morgan fingerprint density at radius 3 is 2.43 bits per heavy atom. The molecule has 0 bridgehead atoms. The topological polar surface area (TPSA) is 83.3 Å². The number of ether oxygens (including phenoxy) is 2. The van der Waals surface area contributed by atoms with Crippen molar-refractivity contribution in [1.82, 2.24) is 14.4 Å². The molecule has 3 rings (SSSR count). The van der Waals surface area contributed by atoms with E-state index >= 15 is 0 Å². The van der Waals surface area contributed by atoms with E-state index in [4.69, 9.17) is 9.47 Å². The van der Waals surface area contributed by atoms with Crippen LogP contribution in [-0.2, 0) is 10.0 Å². The van der Waals surface area contributed by atoms with Crippen molar-refractivity contribution >= 4 is 21.1 Å². The van der Waals surface area contributed by atoms with Crippen molar-refractivity contribution in [1.29, 1.82) is 0 Å². The van der Waals surface area contributed by atoms with Crippen LogP contribution in [0.5, 0.6) is 11.5 Å². The summed E-state index contributed by atoms with van der Waals surface area (Å²) in [5.74, 6) is 0.677. The molecular formula is C15H15N3O4S. The summed E-state index contributed by atoms with van der Waals surface area (Å²) in [6.07, 6.45) is 0. The first-order valence-electron chi connectivity index (χ1n) is 6.77. The van der Waals surface area contributed by atoms with Crippen LogP contribution in [0.3, 0.4) is 0 Å². The summed E-state index contributed by atoms with van der Waals surface area (Å²) in [5, 5.41) is 7.67. The molecule has 120 valence electrons. The van der Waals surface area contributed by atoms with Gasteiger partial charge in [0.05, 0.1) is 14.2 Å². The van der Waals surface area contributed by atoms with E-state index in [9.17, 15) is 8.42 Å². The van der Waals surface area contributed by atoms with E-state index in [0.29, 0.717) is 16.8 Å². The van der Waals surface area contributed by atoms with Crippen LogP contribution in [0, 0.1) is 6.92 Å².